The first-order valence-corrected chi connectivity index (χ1v) is 8.26. The molecule has 3 heteroatoms. The van der Waals surface area contributed by atoms with Gasteiger partial charge in [-0.1, -0.05) is 26.2 Å². The van der Waals surface area contributed by atoms with Gasteiger partial charge in [0.15, 0.2) is 0 Å². The Labute approximate surface area is 118 Å². The van der Waals surface area contributed by atoms with Crippen LogP contribution in [0.15, 0.2) is 0 Å². The lowest BCUT2D eigenvalue weighted by Gasteiger charge is -2.29. The lowest BCUT2D eigenvalue weighted by Crippen LogP contribution is -2.39. The average molecular weight is 269 g/mol. The van der Waals surface area contributed by atoms with Crippen molar-refractivity contribution in [3.63, 3.8) is 0 Å². The van der Waals surface area contributed by atoms with E-state index in [0.29, 0.717) is 18.2 Å². The summed E-state index contributed by atoms with van der Waals surface area (Å²) in [6, 6.07) is 0.459. The van der Waals surface area contributed by atoms with Gasteiger partial charge in [0.1, 0.15) is 0 Å². The number of nitrogens with one attached hydrogen (secondary N) is 1. The molecule has 112 valence electrons. The number of hydrogen-bond acceptors (Lipinski definition) is 3. The van der Waals surface area contributed by atoms with Gasteiger partial charge in [-0.2, -0.15) is 0 Å². The first kappa shape index (κ1) is 15.3. The lowest BCUT2D eigenvalue weighted by molar-refractivity contribution is 0.0108. The molecule has 1 saturated carbocycles. The van der Waals surface area contributed by atoms with E-state index >= 15 is 0 Å². The first-order valence-electron chi connectivity index (χ1n) is 8.26. The van der Waals surface area contributed by atoms with Gasteiger partial charge in [-0.15, -0.1) is 0 Å². The summed E-state index contributed by atoms with van der Waals surface area (Å²) in [6.45, 7) is 7.27. The van der Waals surface area contributed by atoms with Crippen LogP contribution < -0.4 is 5.32 Å². The van der Waals surface area contributed by atoms with E-state index in [-0.39, 0.29) is 0 Å². The molecule has 2 fully saturated rings. The van der Waals surface area contributed by atoms with Crippen molar-refractivity contribution in [2.24, 2.45) is 5.92 Å². The van der Waals surface area contributed by atoms with Crippen LogP contribution in [0.2, 0.25) is 0 Å². The van der Waals surface area contributed by atoms with Crippen LogP contribution in [-0.2, 0) is 9.47 Å². The average Bonchev–Trinajstić information content (AvgIpc) is 2.98. The smallest absolute Gasteiger partial charge is 0.0726 e. The Balaban J connectivity index is 1.53. The predicted molar refractivity (Wildman–Crippen MR) is 78.4 cm³/mol. The zero-order valence-corrected chi connectivity index (χ0v) is 12.7. The summed E-state index contributed by atoms with van der Waals surface area (Å²) in [5.41, 5.74) is 0. The quantitative estimate of drug-likeness (QED) is 0.720. The minimum absolute atomic E-state index is 0.416. The molecule has 1 saturated heterocycles. The molecule has 2 rings (SSSR count). The molecule has 0 bridgehead atoms. The van der Waals surface area contributed by atoms with Gasteiger partial charge in [-0.3, -0.25) is 0 Å². The second kappa shape index (κ2) is 8.23. The highest BCUT2D eigenvalue weighted by Gasteiger charge is 2.23. The fourth-order valence-electron chi connectivity index (χ4n) is 3.40. The van der Waals surface area contributed by atoms with E-state index in [1.165, 1.54) is 44.9 Å². The Kier molecular flexibility index (Phi) is 6.62. The van der Waals surface area contributed by atoms with E-state index in [1.54, 1.807) is 0 Å². The Morgan fingerprint density at radius 2 is 2.16 bits per heavy atom. The normalized spacial score (nSPS) is 33.5. The van der Waals surface area contributed by atoms with Crippen LogP contribution in [0.4, 0.5) is 0 Å². The van der Waals surface area contributed by atoms with Gasteiger partial charge >= 0.3 is 0 Å². The van der Waals surface area contributed by atoms with Crippen molar-refractivity contribution >= 4 is 0 Å². The van der Waals surface area contributed by atoms with Crippen molar-refractivity contribution in [2.45, 2.75) is 77.0 Å². The largest absolute Gasteiger partial charge is 0.377 e. The van der Waals surface area contributed by atoms with Gasteiger partial charge in [0.25, 0.3) is 0 Å². The second-order valence-electron chi connectivity index (χ2n) is 6.23. The van der Waals surface area contributed by atoms with Crippen molar-refractivity contribution in [3.05, 3.63) is 0 Å². The van der Waals surface area contributed by atoms with Crippen LogP contribution in [-0.4, -0.2) is 38.0 Å². The van der Waals surface area contributed by atoms with E-state index < -0.39 is 0 Å². The molecule has 1 aliphatic heterocycles. The van der Waals surface area contributed by atoms with E-state index in [9.17, 15) is 0 Å². The van der Waals surface area contributed by atoms with Gasteiger partial charge in [0.2, 0.25) is 0 Å². The Bertz CT molecular complexity index is 241. The van der Waals surface area contributed by atoms with Crippen molar-refractivity contribution in [2.75, 3.05) is 19.8 Å². The molecule has 1 heterocycles. The van der Waals surface area contributed by atoms with Crippen molar-refractivity contribution in [1.82, 2.24) is 5.32 Å². The molecule has 3 nitrogen and oxygen atoms in total. The van der Waals surface area contributed by atoms with Crippen LogP contribution in [0.1, 0.15) is 58.8 Å². The number of rotatable bonds is 7. The van der Waals surface area contributed by atoms with E-state index in [2.05, 4.69) is 19.2 Å². The second-order valence-corrected chi connectivity index (χ2v) is 6.23. The maximum Gasteiger partial charge on any atom is 0.0726 e. The van der Waals surface area contributed by atoms with Gasteiger partial charge in [0, 0.05) is 19.2 Å². The van der Waals surface area contributed by atoms with E-state index in [0.717, 1.165) is 25.7 Å². The highest BCUT2D eigenvalue weighted by atomic mass is 16.5. The molecule has 2 aliphatic rings. The fraction of sp³-hybridized carbons (Fsp3) is 1.00. The van der Waals surface area contributed by atoms with Crippen LogP contribution in [0.3, 0.4) is 0 Å². The monoisotopic (exact) mass is 269 g/mol. The Morgan fingerprint density at radius 3 is 2.89 bits per heavy atom. The highest BCUT2D eigenvalue weighted by molar-refractivity contribution is 4.77. The zero-order valence-electron chi connectivity index (χ0n) is 12.7. The first-order chi connectivity index (χ1) is 9.29. The van der Waals surface area contributed by atoms with Gasteiger partial charge < -0.3 is 14.8 Å². The van der Waals surface area contributed by atoms with E-state index in [4.69, 9.17) is 9.47 Å². The molecule has 0 spiro atoms. The van der Waals surface area contributed by atoms with Crippen molar-refractivity contribution in [1.29, 1.82) is 0 Å². The summed E-state index contributed by atoms with van der Waals surface area (Å²) in [5.74, 6) is 0.900. The summed E-state index contributed by atoms with van der Waals surface area (Å²) in [4.78, 5) is 0. The third-order valence-electron chi connectivity index (χ3n) is 4.76. The van der Waals surface area contributed by atoms with Gasteiger partial charge in [-0.05, 0) is 38.5 Å². The molecule has 4 atom stereocenters. The minimum atomic E-state index is 0.416. The number of hydrogen-bond donors (Lipinski definition) is 1. The summed E-state index contributed by atoms with van der Waals surface area (Å²) in [5, 5.41) is 3.54. The molecule has 1 N–H and O–H groups in total. The SMILES string of the molecule is CCC1CCCC(OCCNC(C)C2CCCO2)C1. The maximum absolute atomic E-state index is 6.02. The van der Waals surface area contributed by atoms with Crippen LogP contribution in [0.5, 0.6) is 0 Å². The molecule has 0 amide bonds. The fourth-order valence-corrected chi connectivity index (χ4v) is 3.40. The molecule has 0 aromatic carbocycles. The summed E-state index contributed by atoms with van der Waals surface area (Å²) in [7, 11) is 0. The number of ether oxygens (including phenoxy) is 2. The summed E-state index contributed by atoms with van der Waals surface area (Å²) >= 11 is 0. The summed E-state index contributed by atoms with van der Waals surface area (Å²) in [6.07, 6.45) is 9.96. The van der Waals surface area contributed by atoms with Gasteiger partial charge in [0.05, 0.1) is 18.8 Å². The molecular weight excluding hydrogens is 238 g/mol. The summed E-state index contributed by atoms with van der Waals surface area (Å²) < 4.78 is 11.7. The standard InChI is InChI=1S/C16H31NO2/c1-3-14-6-4-7-15(12-14)18-11-9-17-13(2)16-8-5-10-19-16/h13-17H,3-12H2,1-2H3. The Morgan fingerprint density at radius 1 is 1.26 bits per heavy atom. The minimum Gasteiger partial charge on any atom is -0.377 e. The molecule has 0 aromatic rings. The maximum atomic E-state index is 6.02. The molecule has 0 radical (unpaired) electrons. The van der Waals surface area contributed by atoms with Crippen LogP contribution in [0.25, 0.3) is 0 Å². The molecule has 0 aromatic heterocycles. The third-order valence-corrected chi connectivity index (χ3v) is 4.76. The Hall–Kier alpha value is -0.120. The van der Waals surface area contributed by atoms with Crippen LogP contribution in [0, 0.1) is 5.92 Å². The molecule has 1 aliphatic carbocycles. The molecular formula is C16H31NO2. The molecule has 19 heavy (non-hydrogen) atoms. The van der Waals surface area contributed by atoms with Gasteiger partial charge in [-0.25, -0.2) is 0 Å². The lowest BCUT2D eigenvalue weighted by atomic mass is 9.85. The molecule has 4 unspecified atom stereocenters. The van der Waals surface area contributed by atoms with Crippen molar-refractivity contribution < 1.29 is 9.47 Å². The van der Waals surface area contributed by atoms with Crippen molar-refractivity contribution in [3.8, 4) is 0 Å². The van der Waals surface area contributed by atoms with E-state index in [1.807, 2.05) is 0 Å². The predicted octanol–water partition coefficient (Wildman–Crippen LogP) is 3.13. The zero-order chi connectivity index (χ0) is 13.5. The third kappa shape index (κ3) is 5.05. The highest BCUT2D eigenvalue weighted by Crippen LogP contribution is 2.28. The topological polar surface area (TPSA) is 30.5 Å². The van der Waals surface area contributed by atoms with Crippen LogP contribution >= 0.6 is 0 Å².